The summed E-state index contributed by atoms with van der Waals surface area (Å²) in [7, 11) is 0. The summed E-state index contributed by atoms with van der Waals surface area (Å²) >= 11 is 0. The summed E-state index contributed by atoms with van der Waals surface area (Å²) in [6, 6.07) is 11.1. The van der Waals surface area contributed by atoms with Gasteiger partial charge in [0.2, 0.25) is 0 Å². The molecule has 0 aliphatic carbocycles. The lowest BCUT2D eigenvalue weighted by Crippen LogP contribution is -2.04. The molecule has 0 spiro atoms. The molecule has 0 heterocycles. The molecule has 2 aromatic carbocycles. The monoisotopic (exact) mass is 242 g/mol. The van der Waals surface area contributed by atoms with Crippen LogP contribution in [0.4, 0.5) is 0 Å². The van der Waals surface area contributed by atoms with E-state index >= 15 is 0 Å². The zero-order valence-corrected chi connectivity index (χ0v) is 9.93. The van der Waals surface area contributed by atoms with Crippen molar-refractivity contribution in [3.63, 3.8) is 0 Å². The molecule has 0 unspecified atom stereocenters. The van der Waals surface area contributed by atoms with Crippen LogP contribution >= 0.6 is 0 Å². The van der Waals surface area contributed by atoms with E-state index in [0.29, 0.717) is 13.0 Å². The lowest BCUT2D eigenvalue weighted by atomic mass is 10.0. The Morgan fingerprint density at radius 2 is 1.94 bits per heavy atom. The van der Waals surface area contributed by atoms with Crippen LogP contribution in [-0.4, -0.2) is 17.7 Å². The van der Waals surface area contributed by atoms with E-state index in [1.807, 2.05) is 24.3 Å². The van der Waals surface area contributed by atoms with Gasteiger partial charge in [0.15, 0.2) is 0 Å². The van der Waals surface area contributed by atoms with Crippen LogP contribution in [0.2, 0.25) is 0 Å². The lowest BCUT2D eigenvalue weighted by Gasteiger charge is -2.07. The second-order valence-corrected chi connectivity index (χ2v) is 3.91. The number of phenolic OH excluding ortho intramolecular Hbond substituents is 1. The molecule has 3 heteroatoms. The predicted octanol–water partition coefficient (Wildman–Crippen LogP) is 2.82. The van der Waals surface area contributed by atoms with E-state index in [4.69, 9.17) is 4.74 Å². The number of rotatable bonds is 4. The van der Waals surface area contributed by atoms with Gasteiger partial charge in [0.25, 0.3) is 0 Å². The Hall–Kier alpha value is -2.29. The number of phenols is 1. The number of hydrogen-bond donors (Lipinski definition) is 1. The van der Waals surface area contributed by atoms with Crippen LogP contribution < -0.4 is 0 Å². The number of fused-ring (bicyclic) bond motifs is 1. The van der Waals surface area contributed by atoms with Crippen LogP contribution in [0.5, 0.6) is 5.75 Å². The molecule has 0 radical (unpaired) electrons. The molecule has 2 aromatic rings. The van der Waals surface area contributed by atoms with Crippen molar-refractivity contribution in [2.45, 2.75) is 6.42 Å². The van der Waals surface area contributed by atoms with Crippen molar-refractivity contribution in [1.29, 1.82) is 0 Å². The molecule has 2 rings (SSSR count). The normalized spacial score (nSPS) is 10.2. The molecule has 0 fully saturated rings. The average Bonchev–Trinajstić information content (AvgIpc) is 2.39. The standard InChI is InChI=1S/C15H14O3/c1-2-15(17)18-10-9-11-5-3-7-13-12(11)6-4-8-14(13)16/h2-8,16H,1,9-10H2. The quantitative estimate of drug-likeness (QED) is 0.662. The summed E-state index contributed by atoms with van der Waals surface area (Å²) in [5.41, 5.74) is 1.04. The maximum absolute atomic E-state index is 10.9. The highest BCUT2D eigenvalue weighted by Gasteiger charge is 2.04. The van der Waals surface area contributed by atoms with Crippen molar-refractivity contribution in [3.05, 3.63) is 54.6 Å². The number of benzene rings is 2. The van der Waals surface area contributed by atoms with Gasteiger partial charge in [0, 0.05) is 17.9 Å². The molecule has 18 heavy (non-hydrogen) atoms. The summed E-state index contributed by atoms with van der Waals surface area (Å²) in [4.78, 5) is 10.9. The van der Waals surface area contributed by atoms with Gasteiger partial charge in [0.1, 0.15) is 5.75 Å². The highest BCUT2D eigenvalue weighted by Crippen LogP contribution is 2.26. The zero-order valence-electron chi connectivity index (χ0n) is 9.93. The largest absolute Gasteiger partial charge is 0.507 e. The van der Waals surface area contributed by atoms with Gasteiger partial charge in [0.05, 0.1) is 6.61 Å². The Labute approximate surface area is 105 Å². The molecule has 0 aromatic heterocycles. The van der Waals surface area contributed by atoms with Gasteiger partial charge < -0.3 is 9.84 Å². The van der Waals surface area contributed by atoms with E-state index in [2.05, 4.69) is 6.58 Å². The van der Waals surface area contributed by atoms with Gasteiger partial charge >= 0.3 is 5.97 Å². The molecular formula is C15H14O3. The summed E-state index contributed by atoms with van der Waals surface area (Å²) < 4.78 is 4.95. The first-order valence-electron chi connectivity index (χ1n) is 5.71. The molecular weight excluding hydrogens is 228 g/mol. The molecule has 1 N–H and O–H groups in total. The minimum Gasteiger partial charge on any atom is -0.507 e. The predicted molar refractivity (Wildman–Crippen MR) is 70.5 cm³/mol. The summed E-state index contributed by atoms with van der Waals surface area (Å²) in [5.74, 6) is -0.157. The Bertz CT molecular complexity index is 587. The molecule has 0 saturated carbocycles. The average molecular weight is 242 g/mol. The van der Waals surface area contributed by atoms with Crippen LogP contribution in [-0.2, 0) is 16.0 Å². The molecule has 92 valence electrons. The Morgan fingerprint density at radius 3 is 2.72 bits per heavy atom. The highest BCUT2D eigenvalue weighted by molar-refractivity contribution is 5.90. The zero-order chi connectivity index (χ0) is 13.0. The van der Waals surface area contributed by atoms with Gasteiger partial charge in [-0.1, -0.05) is 36.9 Å². The molecule has 0 atom stereocenters. The third-order valence-electron chi connectivity index (χ3n) is 2.77. The van der Waals surface area contributed by atoms with Crippen LogP contribution in [0.3, 0.4) is 0 Å². The fraction of sp³-hybridized carbons (Fsp3) is 0.133. The van der Waals surface area contributed by atoms with Gasteiger partial charge in [-0.2, -0.15) is 0 Å². The van der Waals surface area contributed by atoms with Crippen LogP contribution in [0, 0.1) is 0 Å². The number of hydrogen-bond acceptors (Lipinski definition) is 3. The first kappa shape index (κ1) is 12.2. The van der Waals surface area contributed by atoms with Crippen LogP contribution in [0.15, 0.2) is 49.1 Å². The molecule has 0 aliphatic rings. The minimum absolute atomic E-state index is 0.262. The second kappa shape index (κ2) is 5.36. The molecule has 3 nitrogen and oxygen atoms in total. The third kappa shape index (κ3) is 2.51. The number of aromatic hydroxyl groups is 1. The van der Waals surface area contributed by atoms with E-state index in [1.54, 1.807) is 12.1 Å². The third-order valence-corrected chi connectivity index (χ3v) is 2.77. The Kier molecular flexibility index (Phi) is 3.63. The smallest absolute Gasteiger partial charge is 0.330 e. The molecule has 0 saturated heterocycles. The second-order valence-electron chi connectivity index (χ2n) is 3.91. The summed E-state index contributed by atoms with van der Waals surface area (Å²) in [6.07, 6.45) is 1.76. The topological polar surface area (TPSA) is 46.5 Å². The van der Waals surface area contributed by atoms with E-state index in [1.165, 1.54) is 0 Å². The van der Waals surface area contributed by atoms with Gasteiger partial charge in [-0.15, -0.1) is 0 Å². The van der Waals surface area contributed by atoms with Gasteiger partial charge in [-0.05, 0) is 17.0 Å². The maximum Gasteiger partial charge on any atom is 0.330 e. The van der Waals surface area contributed by atoms with Crippen molar-refractivity contribution in [3.8, 4) is 5.75 Å². The van der Waals surface area contributed by atoms with E-state index < -0.39 is 5.97 Å². The van der Waals surface area contributed by atoms with E-state index in [0.717, 1.165) is 22.4 Å². The van der Waals surface area contributed by atoms with Crippen molar-refractivity contribution >= 4 is 16.7 Å². The Morgan fingerprint density at radius 1 is 1.22 bits per heavy atom. The number of ether oxygens (including phenoxy) is 1. The number of carbonyl (C=O) groups excluding carboxylic acids is 1. The summed E-state index contributed by atoms with van der Waals surface area (Å²) in [5, 5.41) is 11.5. The van der Waals surface area contributed by atoms with Gasteiger partial charge in [-0.25, -0.2) is 4.79 Å². The number of esters is 1. The van der Waals surface area contributed by atoms with Crippen molar-refractivity contribution in [1.82, 2.24) is 0 Å². The van der Waals surface area contributed by atoms with Crippen LogP contribution in [0.25, 0.3) is 10.8 Å². The lowest BCUT2D eigenvalue weighted by molar-refractivity contribution is -0.137. The van der Waals surface area contributed by atoms with Crippen molar-refractivity contribution < 1.29 is 14.6 Å². The fourth-order valence-corrected chi connectivity index (χ4v) is 1.90. The Balaban J connectivity index is 2.21. The fourth-order valence-electron chi connectivity index (χ4n) is 1.90. The minimum atomic E-state index is -0.418. The van der Waals surface area contributed by atoms with Crippen molar-refractivity contribution in [2.75, 3.05) is 6.61 Å². The van der Waals surface area contributed by atoms with E-state index in [-0.39, 0.29) is 5.75 Å². The highest BCUT2D eigenvalue weighted by atomic mass is 16.5. The molecule has 0 aliphatic heterocycles. The first-order valence-corrected chi connectivity index (χ1v) is 5.71. The van der Waals surface area contributed by atoms with Gasteiger partial charge in [-0.3, -0.25) is 0 Å². The molecule has 0 bridgehead atoms. The molecule has 0 amide bonds. The first-order chi connectivity index (χ1) is 8.72. The number of carbonyl (C=O) groups is 1. The van der Waals surface area contributed by atoms with Crippen LogP contribution in [0.1, 0.15) is 5.56 Å². The summed E-state index contributed by atoms with van der Waals surface area (Å²) in [6.45, 7) is 3.65. The van der Waals surface area contributed by atoms with E-state index in [9.17, 15) is 9.90 Å². The SMILES string of the molecule is C=CC(=O)OCCc1cccc2c(O)cccc12. The van der Waals surface area contributed by atoms with Crippen molar-refractivity contribution in [2.24, 2.45) is 0 Å². The maximum atomic E-state index is 10.9.